The summed E-state index contributed by atoms with van der Waals surface area (Å²) in [7, 11) is -16.9. The summed E-state index contributed by atoms with van der Waals surface area (Å²) in [4.78, 5) is 63.7. The summed E-state index contributed by atoms with van der Waals surface area (Å²) in [6, 6.07) is -2.49. The van der Waals surface area contributed by atoms with E-state index in [0.29, 0.717) is 0 Å². The Morgan fingerprint density at radius 3 is 2.44 bits per heavy atom. The molecule has 6 atom stereocenters. The van der Waals surface area contributed by atoms with Gasteiger partial charge in [-0.1, -0.05) is 5.11 Å². The first-order valence-corrected chi connectivity index (χ1v) is 12.9. The van der Waals surface area contributed by atoms with Crippen LogP contribution in [0.2, 0.25) is 0 Å². The number of nitrogens with one attached hydrogen (secondary N) is 1. The van der Waals surface area contributed by atoms with Crippen LogP contribution < -0.4 is 11.2 Å². The molecule has 0 aromatic carbocycles. The van der Waals surface area contributed by atoms with Gasteiger partial charge in [0, 0.05) is 28.6 Å². The fraction of sp³-hybridized carbons (Fsp3) is 0.636. The summed E-state index contributed by atoms with van der Waals surface area (Å²) in [5.74, 6) is -1.46. The number of halogens is 1. The van der Waals surface area contributed by atoms with Crippen LogP contribution in [0.25, 0.3) is 10.4 Å². The molecule has 17 nitrogen and oxygen atoms in total. The standard InChI is InChI=1S/C11H17FN5O12P3/c1-5-3-17(11(19)14-10(5)18)8-2-7(15-16-13)6(9(8)12)4-27-31(23,24)29-32(25,26)28-30(20,21)22/h3,6-9H,2,4H2,1H3,(H,23,24)(H,25,26)(H,14,18,19)(H2,20,21,22)/t6-,7+,8+,9+/m1/s1. The Bertz CT molecular complexity index is 1170. The molecule has 1 aliphatic rings. The molecule has 21 heteroatoms. The summed E-state index contributed by atoms with van der Waals surface area (Å²) in [5, 5.41) is 3.35. The molecule has 0 radical (unpaired) electrons. The van der Waals surface area contributed by atoms with Gasteiger partial charge in [-0.3, -0.25) is 18.9 Å². The van der Waals surface area contributed by atoms with Gasteiger partial charge >= 0.3 is 29.2 Å². The Hall–Kier alpha value is -1.67. The highest BCUT2D eigenvalue weighted by molar-refractivity contribution is 7.66. The van der Waals surface area contributed by atoms with Crippen LogP contribution in [0.1, 0.15) is 18.0 Å². The summed E-state index contributed by atoms with van der Waals surface area (Å²) in [6.45, 7) is 0.316. The van der Waals surface area contributed by atoms with E-state index in [-0.39, 0.29) is 12.0 Å². The molecule has 1 aliphatic carbocycles. The number of H-pyrrole nitrogens is 1. The predicted molar refractivity (Wildman–Crippen MR) is 101 cm³/mol. The van der Waals surface area contributed by atoms with Crippen LogP contribution >= 0.6 is 23.5 Å². The first-order valence-electron chi connectivity index (χ1n) is 8.34. The van der Waals surface area contributed by atoms with E-state index in [1.165, 1.54) is 6.92 Å². The van der Waals surface area contributed by atoms with E-state index in [1.54, 1.807) is 0 Å². The highest BCUT2D eigenvalue weighted by atomic mass is 31.3. The Labute approximate surface area is 176 Å². The Morgan fingerprint density at radius 1 is 1.25 bits per heavy atom. The average molecular weight is 523 g/mol. The second-order valence-corrected chi connectivity index (χ2v) is 11.0. The number of hydrogen-bond acceptors (Lipinski definition) is 9. The molecule has 5 N–H and O–H groups in total. The summed E-state index contributed by atoms with van der Waals surface area (Å²) in [5.41, 5.74) is 7.12. The minimum atomic E-state index is -5.77. The Balaban J connectivity index is 2.22. The predicted octanol–water partition coefficient (Wildman–Crippen LogP) is 0.766. The monoisotopic (exact) mass is 523 g/mol. The van der Waals surface area contributed by atoms with E-state index in [4.69, 9.17) is 20.2 Å². The Morgan fingerprint density at radius 2 is 1.88 bits per heavy atom. The van der Waals surface area contributed by atoms with Crippen molar-refractivity contribution in [2.24, 2.45) is 11.0 Å². The van der Waals surface area contributed by atoms with E-state index in [2.05, 4.69) is 23.2 Å². The first kappa shape index (κ1) is 26.6. The lowest BCUT2D eigenvalue weighted by Gasteiger charge is -2.22. The van der Waals surface area contributed by atoms with Crippen molar-refractivity contribution in [3.8, 4) is 0 Å². The normalized spacial score (nSPS) is 27.3. The maximum absolute atomic E-state index is 15.1. The first-order chi connectivity index (χ1) is 14.6. The van der Waals surface area contributed by atoms with Gasteiger partial charge in [0.1, 0.15) is 6.17 Å². The largest absolute Gasteiger partial charge is 0.490 e. The third-order valence-electron chi connectivity index (χ3n) is 4.30. The summed E-state index contributed by atoms with van der Waals surface area (Å²) < 4.78 is 61.3. The minimum absolute atomic E-state index is 0.0776. The highest BCUT2D eigenvalue weighted by Crippen LogP contribution is 2.66. The maximum Gasteiger partial charge on any atom is 0.490 e. The van der Waals surface area contributed by atoms with E-state index in [9.17, 15) is 28.2 Å². The molecule has 0 aliphatic heterocycles. The van der Waals surface area contributed by atoms with Crippen molar-refractivity contribution in [2.45, 2.75) is 31.6 Å². The molecular formula is C11H17FN5O12P3. The molecule has 180 valence electrons. The average Bonchev–Trinajstić information content (AvgIpc) is 2.89. The summed E-state index contributed by atoms with van der Waals surface area (Å²) >= 11 is 0. The molecular weight excluding hydrogens is 506 g/mol. The summed E-state index contributed by atoms with van der Waals surface area (Å²) in [6.07, 6.45) is -1.22. The molecule has 1 aromatic heterocycles. The molecule has 1 heterocycles. The smallest absolute Gasteiger partial charge is 0.302 e. The molecule has 32 heavy (non-hydrogen) atoms. The van der Waals surface area contributed by atoms with Gasteiger partial charge in [-0.05, 0) is 18.9 Å². The van der Waals surface area contributed by atoms with Crippen LogP contribution in [0.5, 0.6) is 0 Å². The van der Waals surface area contributed by atoms with Gasteiger partial charge in [0.2, 0.25) is 0 Å². The Kier molecular flexibility index (Phi) is 8.04. The molecule has 2 unspecified atom stereocenters. The molecule has 1 aromatic rings. The zero-order chi connectivity index (χ0) is 24.5. The van der Waals surface area contributed by atoms with Gasteiger partial charge in [0.15, 0.2) is 0 Å². The number of aryl methyl sites for hydroxylation is 1. The van der Waals surface area contributed by atoms with Crippen LogP contribution in [-0.4, -0.2) is 47.9 Å². The number of phosphoric acid groups is 3. The highest BCUT2D eigenvalue weighted by Gasteiger charge is 2.47. The lowest BCUT2D eigenvalue weighted by atomic mass is 10.0. The zero-order valence-corrected chi connectivity index (χ0v) is 18.5. The minimum Gasteiger partial charge on any atom is -0.302 e. The molecule has 1 saturated carbocycles. The lowest BCUT2D eigenvalue weighted by molar-refractivity contribution is 0.113. The van der Waals surface area contributed by atoms with Gasteiger partial charge in [0.25, 0.3) is 5.56 Å². The van der Waals surface area contributed by atoms with E-state index in [0.717, 1.165) is 10.8 Å². The fourth-order valence-electron chi connectivity index (χ4n) is 3.03. The van der Waals surface area contributed by atoms with Gasteiger partial charge in [0.05, 0.1) is 12.6 Å². The van der Waals surface area contributed by atoms with Crippen molar-refractivity contribution in [1.29, 1.82) is 0 Å². The van der Waals surface area contributed by atoms with E-state index >= 15 is 4.39 Å². The van der Waals surface area contributed by atoms with Crippen molar-refractivity contribution in [3.05, 3.63) is 43.0 Å². The number of azide groups is 1. The number of alkyl halides is 1. The number of phosphoric ester groups is 1. The quantitative estimate of drug-likeness (QED) is 0.130. The topological polar surface area (TPSA) is 263 Å². The van der Waals surface area contributed by atoms with Crippen LogP contribution in [0.3, 0.4) is 0 Å². The third kappa shape index (κ3) is 6.91. The van der Waals surface area contributed by atoms with Gasteiger partial charge < -0.3 is 19.6 Å². The number of aromatic nitrogens is 2. The second-order valence-electron chi connectivity index (χ2n) is 6.55. The van der Waals surface area contributed by atoms with Gasteiger partial charge in [-0.15, -0.1) is 0 Å². The van der Waals surface area contributed by atoms with Crippen molar-refractivity contribution < 1.29 is 50.8 Å². The number of hydrogen-bond donors (Lipinski definition) is 5. The van der Waals surface area contributed by atoms with Gasteiger partial charge in [-0.2, -0.15) is 8.62 Å². The molecule has 0 bridgehead atoms. The molecule has 2 rings (SSSR count). The fourth-order valence-corrected chi connectivity index (χ4v) is 6.09. The van der Waals surface area contributed by atoms with Crippen LogP contribution in [0.15, 0.2) is 20.9 Å². The third-order valence-corrected chi connectivity index (χ3v) is 8.11. The van der Waals surface area contributed by atoms with Crippen LogP contribution in [0.4, 0.5) is 4.39 Å². The molecule has 0 saturated heterocycles. The van der Waals surface area contributed by atoms with Crippen molar-refractivity contribution in [2.75, 3.05) is 6.61 Å². The second kappa shape index (κ2) is 9.67. The zero-order valence-electron chi connectivity index (χ0n) is 15.9. The van der Waals surface area contributed by atoms with Crippen molar-refractivity contribution in [1.82, 2.24) is 9.55 Å². The molecule has 1 fully saturated rings. The number of aromatic amines is 1. The van der Waals surface area contributed by atoms with Gasteiger partial charge in [-0.25, -0.2) is 22.9 Å². The van der Waals surface area contributed by atoms with E-state index < -0.39 is 65.5 Å². The SMILES string of the molecule is Cc1cn([C@H]2C[C@H](N=[N+]=[N-])[C@@H](COP(=O)(O)OP(=O)(O)OP(=O)(O)O)[C@@H]2F)c(=O)[nH]c1=O. The van der Waals surface area contributed by atoms with Crippen molar-refractivity contribution in [3.63, 3.8) is 0 Å². The van der Waals surface area contributed by atoms with E-state index in [1.807, 2.05) is 4.98 Å². The molecule has 0 spiro atoms. The maximum atomic E-state index is 15.1. The van der Waals surface area contributed by atoms with Crippen molar-refractivity contribution >= 4 is 23.5 Å². The van der Waals surface area contributed by atoms with Crippen LogP contribution in [0, 0.1) is 12.8 Å². The van der Waals surface area contributed by atoms with Crippen LogP contribution in [-0.2, 0) is 26.8 Å². The number of nitrogens with zero attached hydrogens (tertiary/aromatic N) is 4. The lowest BCUT2D eigenvalue weighted by Crippen LogP contribution is -2.36. The molecule has 0 amide bonds. The number of rotatable bonds is 9.